The first-order valence-electron chi connectivity index (χ1n) is 6.37. The Labute approximate surface area is 115 Å². The molecular formula is C14H22O4S. The minimum atomic E-state index is -3.75. The van der Waals surface area contributed by atoms with Gasteiger partial charge < -0.3 is 4.74 Å². The average Bonchev–Trinajstić information content (AvgIpc) is 2.65. The number of ether oxygens (including phenoxy) is 1. The van der Waals surface area contributed by atoms with Crippen LogP contribution in [0.25, 0.3) is 0 Å². The average molecular weight is 286 g/mol. The molecule has 5 heteroatoms. The summed E-state index contributed by atoms with van der Waals surface area (Å²) in [6, 6.07) is 8.25. The van der Waals surface area contributed by atoms with E-state index in [1.807, 2.05) is 12.1 Å². The van der Waals surface area contributed by atoms with Gasteiger partial charge >= 0.3 is 0 Å². The fourth-order valence-electron chi connectivity index (χ4n) is 1.70. The van der Waals surface area contributed by atoms with Crippen LogP contribution in [0, 0.1) is 0 Å². The molecule has 1 aromatic carbocycles. The number of para-hydroxylation sites is 1. The minimum absolute atomic E-state index is 0.205. The highest BCUT2D eigenvalue weighted by molar-refractivity contribution is 7.86. The molecular weight excluding hydrogens is 264 g/mol. The Balaban J connectivity index is 0.000000203. The maximum absolute atomic E-state index is 10.1. The van der Waals surface area contributed by atoms with Gasteiger partial charge in [0.25, 0.3) is 10.1 Å². The summed E-state index contributed by atoms with van der Waals surface area (Å²) in [6.07, 6.45) is 0.457. The summed E-state index contributed by atoms with van der Waals surface area (Å²) >= 11 is 0. The van der Waals surface area contributed by atoms with Crippen molar-refractivity contribution in [1.82, 2.24) is 0 Å². The van der Waals surface area contributed by atoms with Crippen molar-refractivity contribution in [3.8, 4) is 5.75 Å². The monoisotopic (exact) mass is 286 g/mol. The lowest BCUT2D eigenvalue weighted by Crippen LogP contribution is -2.18. The van der Waals surface area contributed by atoms with E-state index in [1.165, 1.54) is 12.5 Å². The van der Waals surface area contributed by atoms with Gasteiger partial charge in [0.1, 0.15) is 5.75 Å². The van der Waals surface area contributed by atoms with Gasteiger partial charge in [-0.1, -0.05) is 39.0 Å². The number of rotatable bonds is 2. The molecule has 1 heterocycles. The summed E-state index contributed by atoms with van der Waals surface area (Å²) in [5.41, 5.74) is 1.54. The molecule has 1 aliphatic heterocycles. The molecule has 0 spiro atoms. The van der Waals surface area contributed by atoms with Crippen molar-refractivity contribution in [2.24, 2.45) is 0 Å². The Morgan fingerprint density at radius 1 is 1.37 bits per heavy atom. The van der Waals surface area contributed by atoms with E-state index in [9.17, 15) is 8.42 Å². The zero-order valence-corrected chi connectivity index (χ0v) is 12.7. The molecule has 19 heavy (non-hydrogen) atoms. The number of hydrogen-bond donors (Lipinski definition) is 1. The van der Waals surface area contributed by atoms with E-state index < -0.39 is 15.4 Å². The highest BCUT2D eigenvalue weighted by Gasteiger charge is 2.30. The van der Waals surface area contributed by atoms with Gasteiger partial charge in [0, 0.05) is 11.0 Å². The van der Waals surface area contributed by atoms with E-state index in [-0.39, 0.29) is 5.41 Å². The SMILES string of the molecule is CC1(C)COc2ccccc21.CCC(C)S(=O)(=O)O. The molecule has 1 unspecified atom stereocenters. The van der Waals surface area contributed by atoms with E-state index in [0.717, 1.165) is 12.4 Å². The molecule has 1 N–H and O–H groups in total. The third-order valence-electron chi connectivity index (χ3n) is 3.29. The van der Waals surface area contributed by atoms with Crippen molar-refractivity contribution in [2.75, 3.05) is 6.61 Å². The number of hydrogen-bond acceptors (Lipinski definition) is 3. The van der Waals surface area contributed by atoms with E-state index in [2.05, 4.69) is 26.0 Å². The number of benzene rings is 1. The third kappa shape index (κ3) is 4.21. The molecule has 0 saturated carbocycles. The Bertz CT molecular complexity index is 520. The highest BCUT2D eigenvalue weighted by Crippen LogP contribution is 2.37. The molecule has 0 amide bonds. The molecule has 0 fully saturated rings. The smallest absolute Gasteiger partial charge is 0.267 e. The second-order valence-electron chi connectivity index (χ2n) is 5.40. The van der Waals surface area contributed by atoms with Gasteiger partial charge in [-0.2, -0.15) is 8.42 Å². The van der Waals surface area contributed by atoms with Gasteiger partial charge in [0.05, 0.1) is 11.9 Å². The third-order valence-corrected chi connectivity index (χ3v) is 4.64. The fourth-order valence-corrected chi connectivity index (χ4v) is 2.12. The standard InChI is InChI=1S/C10H12O.C4H10O3S/c1-10(2)7-11-9-6-4-3-5-8(9)10;1-3-4(2)8(5,6)7/h3-6H,7H2,1-2H3;4H,3H2,1-2H3,(H,5,6,7). The van der Waals surface area contributed by atoms with Crippen molar-refractivity contribution in [1.29, 1.82) is 0 Å². The Hall–Kier alpha value is -1.07. The lowest BCUT2D eigenvalue weighted by Gasteiger charge is -2.14. The molecule has 108 valence electrons. The zero-order chi connectivity index (χ0) is 14.7. The summed E-state index contributed by atoms with van der Waals surface area (Å²) in [5.74, 6) is 1.05. The van der Waals surface area contributed by atoms with Crippen molar-refractivity contribution in [3.63, 3.8) is 0 Å². The van der Waals surface area contributed by atoms with Crippen LogP contribution in [0.1, 0.15) is 39.7 Å². The second kappa shape index (κ2) is 5.92. The van der Waals surface area contributed by atoms with Gasteiger partial charge in [0.15, 0.2) is 0 Å². The first-order chi connectivity index (χ1) is 8.68. The molecule has 0 aromatic heterocycles. The van der Waals surface area contributed by atoms with Crippen molar-refractivity contribution in [2.45, 2.75) is 44.8 Å². The lowest BCUT2D eigenvalue weighted by molar-refractivity contribution is 0.291. The Morgan fingerprint density at radius 3 is 2.37 bits per heavy atom. The lowest BCUT2D eigenvalue weighted by atomic mass is 9.87. The van der Waals surface area contributed by atoms with Crippen molar-refractivity contribution >= 4 is 10.1 Å². The van der Waals surface area contributed by atoms with Crippen LogP contribution in [-0.2, 0) is 15.5 Å². The van der Waals surface area contributed by atoms with E-state index in [1.54, 1.807) is 6.92 Å². The topological polar surface area (TPSA) is 63.6 Å². The van der Waals surface area contributed by atoms with Crippen LogP contribution < -0.4 is 4.74 Å². The van der Waals surface area contributed by atoms with Crippen LogP contribution in [0.4, 0.5) is 0 Å². The molecule has 4 nitrogen and oxygen atoms in total. The van der Waals surface area contributed by atoms with Crippen LogP contribution in [0.3, 0.4) is 0 Å². The first-order valence-corrected chi connectivity index (χ1v) is 7.87. The largest absolute Gasteiger partial charge is 0.492 e. The van der Waals surface area contributed by atoms with Crippen molar-refractivity contribution < 1.29 is 17.7 Å². The fraction of sp³-hybridized carbons (Fsp3) is 0.571. The molecule has 0 bridgehead atoms. The summed E-state index contributed by atoms with van der Waals surface area (Å²) in [6.45, 7) is 8.40. The van der Waals surface area contributed by atoms with Crippen molar-refractivity contribution in [3.05, 3.63) is 29.8 Å². The normalized spacial score (nSPS) is 17.7. The highest BCUT2D eigenvalue weighted by atomic mass is 32.2. The Kier molecular flexibility index (Phi) is 4.98. The predicted molar refractivity (Wildman–Crippen MR) is 76.3 cm³/mol. The van der Waals surface area contributed by atoms with Gasteiger partial charge in [-0.05, 0) is 19.4 Å². The molecule has 0 aliphatic carbocycles. The van der Waals surface area contributed by atoms with Crippen LogP contribution >= 0.6 is 0 Å². The first kappa shape index (κ1) is 16.0. The minimum Gasteiger partial charge on any atom is -0.492 e. The molecule has 1 aromatic rings. The molecule has 0 radical (unpaired) electrons. The quantitative estimate of drug-likeness (QED) is 0.849. The molecule has 0 saturated heterocycles. The molecule has 1 aliphatic rings. The van der Waals surface area contributed by atoms with Gasteiger partial charge in [-0.25, -0.2) is 0 Å². The van der Waals surface area contributed by atoms with E-state index >= 15 is 0 Å². The summed E-state index contributed by atoms with van der Waals surface area (Å²) in [5, 5.41) is -0.623. The predicted octanol–water partition coefficient (Wildman–Crippen LogP) is 3.03. The summed E-state index contributed by atoms with van der Waals surface area (Å²) in [7, 11) is -3.75. The Morgan fingerprint density at radius 2 is 1.95 bits per heavy atom. The van der Waals surface area contributed by atoms with Gasteiger partial charge in [-0.15, -0.1) is 0 Å². The maximum atomic E-state index is 10.1. The molecule has 1 atom stereocenters. The summed E-state index contributed by atoms with van der Waals surface area (Å²) < 4.78 is 34.0. The van der Waals surface area contributed by atoms with Gasteiger partial charge in [-0.3, -0.25) is 4.55 Å². The maximum Gasteiger partial charge on any atom is 0.267 e. The summed E-state index contributed by atoms with van der Waals surface area (Å²) in [4.78, 5) is 0. The van der Waals surface area contributed by atoms with Crippen LogP contribution in [0.15, 0.2) is 24.3 Å². The number of fused-ring (bicyclic) bond motifs is 1. The molecule has 2 rings (SSSR count). The van der Waals surface area contributed by atoms with E-state index in [0.29, 0.717) is 6.42 Å². The van der Waals surface area contributed by atoms with Gasteiger partial charge in [0.2, 0.25) is 0 Å². The van der Waals surface area contributed by atoms with Crippen LogP contribution in [-0.4, -0.2) is 24.8 Å². The van der Waals surface area contributed by atoms with Crippen LogP contribution in [0.5, 0.6) is 5.75 Å². The zero-order valence-electron chi connectivity index (χ0n) is 11.9. The van der Waals surface area contributed by atoms with Crippen LogP contribution in [0.2, 0.25) is 0 Å². The van der Waals surface area contributed by atoms with E-state index in [4.69, 9.17) is 9.29 Å². The second-order valence-corrected chi connectivity index (χ2v) is 7.24.